The Kier molecular flexibility index (Phi) is 6.68. The Balaban J connectivity index is 1.52. The fraction of sp³-hybridized carbons (Fsp3) is 0.500. The Morgan fingerprint density at radius 2 is 2.00 bits per heavy atom. The second-order valence-electron chi connectivity index (χ2n) is 9.10. The largest absolute Gasteiger partial charge is 0.496 e. The predicted octanol–water partition coefficient (Wildman–Crippen LogP) is 0.909. The van der Waals surface area contributed by atoms with E-state index >= 15 is 0 Å². The normalized spacial score (nSPS) is 20.2. The van der Waals surface area contributed by atoms with Crippen LogP contribution in [0.2, 0.25) is 0 Å². The maximum absolute atomic E-state index is 13.3. The molecule has 2 aromatic rings. The van der Waals surface area contributed by atoms with Crippen LogP contribution in [0.5, 0.6) is 5.75 Å². The molecule has 1 fully saturated rings. The summed E-state index contributed by atoms with van der Waals surface area (Å²) in [6, 6.07) is 6.81. The van der Waals surface area contributed by atoms with Crippen LogP contribution in [0.15, 0.2) is 24.3 Å². The number of nitrogens with zero attached hydrogens (tertiary/aromatic N) is 3. The molecule has 9 nitrogen and oxygen atoms in total. The van der Waals surface area contributed by atoms with Gasteiger partial charge in [0.25, 0.3) is 11.8 Å². The van der Waals surface area contributed by atoms with E-state index in [0.29, 0.717) is 23.5 Å². The van der Waals surface area contributed by atoms with Crippen LogP contribution in [0.1, 0.15) is 66.1 Å². The van der Waals surface area contributed by atoms with Crippen molar-refractivity contribution in [3.05, 3.63) is 41.2 Å². The van der Waals surface area contributed by atoms with Crippen LogP contribution < -0.4 is 20.8 Å². The molecule has 1 aliphatic heterocycles. The third-order valence-electron chi connectivity index (χ3n) is 6.77. The maximum Gasteiger partial charge on any atom is 0.273 e. The Labute approximate surface area is 200 Å². The zero-order chi connectivity index (χ0) is 24.5. The van der Waals surface area contributed by atoms with Crippen LogP contribution in [0.3, 0.4) is 0 Å². The van der Waals surface area contributed by atoms with E-state index in [2.05, 4.69) is 15.7 Å². The lowest BCUT2D eigenvalue weighted by Crippen LogP contribution is -2.64. The van der Waals surface area contributed by atoms with Crippen molar-refractivity contribution in [1.82, 2.24) is 25.3 Å². The van der Waals surface area contributed by atoms with E-state index in [-0.39, 0.29) is 36.6 Å². The number of hydrogen-bond acceptors (Lipinski definition) is 5. The van der Waals surface area contributed by atoms with Gasteiger partial charge in [0.2, 0.25) is 5.91 Å². The number of carbonyl (C=O) groups excluding carboxylic acids is 3. The lowest BCUT2D eigenvalue weighted by molar-refractivity contribution is -0.133. The highest BCUT2D eigenvalue weighted by Gasteiger charge is 2.48. The van der Waals surface area contributed by atoms with Gasteiger partial charge in [-0.05, 0) is 32.8 Å². The second-order valence-corrected chi connectivity index (χ2v) is 9.10. The highest BCUT2D eigenvalue weighted by Crippen LogP contribution is 2.28. The number of fused-ring (bicyclic) bond motifs is 1. The minimum atomic E-state index is -1.09. The molecule has 178 valence electrons. The molecular formula is C24H30BN5O4. The van der Waals surface area contributed by atoms with Gasteiger partial charge in [-0.2, -0.15) is 5.10 Å². The average molecular weight is 463 g/mol. The van der Waals surface area contributed by atoms with Gasteiger partial charge < -0.3 is 20.3 Å². The average Bonchev–Trinajstić information content (AvgIpc) is 3.47. The van der Waals surface area contributed by atoms with Gasteiger partial charge in [-0.25, -0.2) is 0 Å². The first-order valence-electron chi connectivity index (χ1n) is 11.7. The second kappa shape index (κ2) is 9.52. The molecule has 0 saturated heterocycles. The first-order chi connectivity index (χ1) is 16.3. The molecule has 1 saturated carbocycles. The third-order valence-corrected chi connectivity index (χ3v) is 6.77. The zero-order valence-electron chi connectivity index (χ0n) is 19.9. The molecule has 10 heteroatoms. The first-order valence-corrected chi connectivity index (χ1v) is 11.7. The number of nitrogens with one attached hydrogen (secondary N) is 2. The van der Waals surface area contributed by atoms with Crippen molar-refractivity contribution in [3.8, 4) is 5.75 Å². The Morgan fingerprint density at radius 3 is 2.68 bits per heavy atom. The van der Waals surface area contributed by atoms with Gasteiger partial charge in [0, 0.05) is 30.8 Å². The maximum atomic E-state index is 13.3. The molecule has 2 radical (unpaired) electrons. The summed E-state index contributed by atoms with van der Waals surface area (Å²) < 4.78 is 6.79. The van der Waals surface area contributed by atoms with Gasteiger partial charge in [-0.15, -0.1) is 0 Å². The fourth-order valence-corrected chi connectivity index (χ4v) is 4.86. The van der Waals surface area contributed by atoms with Gasteiger partial charge in [-0.1, -0.05) is 30.4 Å². The summed E-state index contributed by atoms with van der Waals surface area (Å²) in [6.07, 6.45) is 4.11. The smallest absolute Gasteiger partial charge is 0.273 e. The van der Waals surface area contributed by atoms with Crippen LogP contribution in [0.4, 0.5) is 0 Å². The van der Waals surface area contributed by atoms with Gasteiger partial charge in [-0.3, -0.25) is 19.1 Å². The summed E-state index contributed by atoms with van der Waals surface area (Å²) in [5, 5.41) is 10.3. The standard InChI is InChI=1S/C24H30BN5O4/c1-4-29-22(32)19-12-18(21(31)26-13-15-11-16(25)9-10-20(15)34-3)28-30(19)14-24(29,2)23(33)27-17-7-5-6-8-17/h9-12,17H,4-8,13-14H2,1-3H3,(H,26,31)(H,27,33). The minimum Gasteiger partial charge on any atom is -0.496 e. The first kappa shape index (κ1) is 23.8. The van der Waals surface area contributed by atoms with Crippen molar-refractivity contribution in [2.45, 2.75) is 64.2 Å². The number of hydrogen-bond donors (Lipinski definition) is 2. The van der Waals surface area contributed by atoms with Crippen molar-refractivity contribution in [3.63, 3.8) is 0 Å². The van der Waals surface area contributed by atoms with E-state index in [4.69, 9.17) is 12.6 Å². The van der Waals surface area contributed by atoms with E-state index in [1.54, 1.807) is 37.1 Å². The van der Waals surface area contributed by atoms with Crippen LogP contribution >= 0.6 is 0 Å². The van der Waals surface area contributed by atoms with E-state index in [9.17, 15) is 14.4 Å². The highest BCUT2D eigenvalue weighted by molar-refractivity contribution is 6.32. The number of amides is 3. The molecule has 4 rings (SSSR count). The van der Waals surface area contributed by atoms with Gasteiger partial charge in [0.15, 0.2) is 5.69 Å². The van der Waals surface area contributed by atoms with Gasteiger partial charge >= 0.3 is 0 Å². The topological polar surface area (TPSA) is 106 Å². The summed E-state index contributed by atoms with van der Waals surface area (Å²) in [6.45, 7) is 4.34. The lowest BCUT2D eigenvalue weighted by atomic mass is 9.94. The van der Waals surface area contributed by atoms with Crippen molar-refractivity contribution in [2.75, 3.05) is 13.7 Å². The quantitative estimate of drug-likeness (QED) is 0.594. The molecule has 2 aliphatic rings. The number of likely N-dealkylation sites (N-methyl/N-ethyl adjacent to an activating group) is 1. The minimum absolute atomic E-state index is 0.114. The molecule has 0 bridgehead atoms. The van der Waals surface area contributed by atoms with Crippen LogP contribution in [0.25, 0.3) is 0 Å². The molecule has 0 spiro atoms. The molecule has 1 atom stereocenters. The van der Waals surface area contributed by atoms with Crippen molar-refractivity contribution >= 4 is 31.0 Å². The predicted molar refractivity (Wildman–Crippen MR) is 127 cm³/mol. The molecule has 2 heterocycles. The van der Waals surface area contributed by atoms with E-state index in [0.717, 1.165) is 31.2 Å². The van der Waals surface area contributed by atoms with Crippen molar-refractivity contribution in [1.29, 1.82) is 0 Å². The van der Waals surface area contributed by atoms with Gasteiger partial charge in [0.05, 0.1) is 13.7 Å². The Hall–Kier alpha value is -3.30. The summed E-state index contributed by atoms with van der Waals surface area (Å²) in [7, 11) is 7.40. The molecule has 1 unspecified atom stereocenters. The molecule has 3 amide bonds. The van der Waals surface area contributed by atoms with Crippen LogP contribution in [0, 0.1) is 0 Å². The molecular weight excluding hydrogens is 433 g/mol. The summed E-state index contributed by atoms with van der Waals surface area (Å²) in [4.78, 5) is 40.9. The summed E-state index contributed by atoms with van der Waals surface area (Å²) in [5.41, 5.74) is 0.602. The van der Waals surface area contributed by atoms with Gasteiger partial charge in [0.1, 0.15) is 24.8 Å². The monoisotopic (exact) mass is 463 g/mol. The van der Waals surface area contributed by atoms with Crippen LogP contribution in [-0.2, 0) is 17.9 Å². The van der Waals surface area contributed by atoms with Crippen molar-refractivity contribution < 1.29 is 19.1 Å². The molecule has 1 aliphatic carbocycles. The van der Waals surface area contributed by atoms with Crippen LogP contribution in [-0.4, -0.2) is 65.5 Å². The fourth-order valence-electron chi connectivity index (χ4n) is 4.86. The lowest BCUT2D eigenvalue weighted by Gasteiger charge is -2.43. The molecule has 1 aromatic carbocycles. The SMILES string of the molecule is [B]c1ccc(OC)c(CNC(=O)c2cc3n(n2)CC(C)(C(=O)NC2CCCC2)N(CC)C3=O)c1. The zero-order valence-corrected chi connectivity index (χ0v) is 19.9. The highest BCUT2D eigenvalue weighted by atomic mass is 16.5. The third kappa shape index (κ3) is 4.41. The number of ether oxygens (including phenoxy) is 1. The van der Waals surface area contributed by atoms with E-state index in [1.807, 2.05) is 6.92 Å². The number of benzene rings is 1. The van der Waals surface area contributed by atoms with E-state index in [1.165, 1.54) is 10.7 Å². The summed E-state index contributed by atoms with van der Waals surface area (Å²) in [5.74, 6) is -0.326. The molecule has 34 heavy (non-hydrogen) atoms. The number of methoxy groups -OCH3 is 1. The summed E-state index contributed by atoms with van der Waals surface area (Å²) >= 11 is 0. The molecule has 1 aromatic heterocycles. The molecule has 2 N–H and O–H groups in total. The number of carbonyl (C=O) groups is 3. The number of rotatable bonds is 7. The number of aromatic nitrogens is 2. The Bertz CT molecular complexity index is 1110. The van der Waals surface area contributed by atoms with Crippen molar-refractivity contribution in [2.24, 2.45) is 0 Å². The van der Waals surface area contributed by atoms with E-state index < -0.39 is 11.4 Å². The Morgan fingerprint density at radius 1 is 1.26 bits per heavy atom.